The zero-order valence-corrected chi connectivity index (χ0v) is 14.1. The Labute approximate surface area is 148 Å². The van der Waals surface area contributed by atoms with Crippen LogP contribution in [0.25, 0.3) is 10.9 Å². The molecule has 0 fully saturated rings. The van der Waals surface area contributed by atoms with Gasteiger partial charge in [-0.25, -0.2) is 8.78 Å². The average molecular weight is 357 g/mol. The molecule has 3 aromatic rings. The van der Waals surface area contributed by atoms with E-state index >= 15 is 0 Å². The summed E-state index contributed by atoms with van der Waals surface area (Å²) in [6.45, 7) is 0. The fourth-order valence-electron chi connectivity index (χ4n) is 2.76. The molecule has 7 heteroatoms. The van der Waals surface area contributed by atoms with Crippen LogP contribution >= 0.6 is 0 Å². The number of hydrogen-bond acceptors (Lipinski definition) is 2. The molecular weight excluding hydrogens is 340 g/mol. The number of hydrogen-bond donors (Lipinski definition) is 2. The highest BCUT2D eigenvalue weighted by Crippen LogP contribution is 2.19. The number of para-hydroxylation sites is 1. The molecule has 0 bridgehead atoms. The first-order valence-corrected chi connectivity index (χ1v) is 8.03. The van der Waals surface area contributed by atoms with Crippen LogP contribution in [0.1, 0.15) is 22.3 Å². The standard InChI is InChI=1S/C19H17F2N3O2/c1-24-11-15(14-4-2-3-5-17(14)24)19(26)23-22-18(25)9-6-12-10-13(20)7-8-16(12)21/h2-5,7-8,10-11H,6,9H2,1H3,(H,22,25)(H,23,26). The van der Waals surface area contributed by atoms with Crippen LogP contribution in [-0.4, -0.2) is 16.4 Å². The predicted molar refractivity (Wildman–Crippen MR) is 93.2 cm³/mol. The van der Waals surface area contributed by atoms with E-state index in [2.05, 4.69) is 10.9 Å². The van der Waals surface area contributed by atoms with E-state index in [1.165, 1.54) is 0 Å². The smallest absolute Gasteiger partial charge is 0.271 e. The van der Waals surface area contributed by atoms with Crippen molar-refractivity contribution in [1.29, 1.82) is 0 Å². The molecule has 0 spiro atoms. The number of nitrogens with zero attached hydrogens (tertiary/aromatic N) is 1. The van der Waals surface area contributed by atoms with Gasteiger partial charge in [-0.3, -0.25) is 20.4 Å². The van der Waals surface area contributed by atoms with Gasteiger partial charge in [-0.2, -0.15) is 0 Å². The minimum absolute atomic E-state index is 0.0273. The van der Waals surface area contributed by atoms with Gasteiger partial charge in [-0.1, -0.05) is 18.2 Å². The third-order valence-corrected chi connectivity index (χ3v) is 4.09. The van der Waals surface area contributed by atoms with Crippen molar-refractivity contribution in [1.82, 2.24) is 15.4 Å². The number of hydrazine groups is 1. The first-order valence-electron chi connectivity index (χ1n) is 8.03. The van der Waals surface area contributed by atoms with E-state index in [1.807, 2.05) is 35.9 Å². The Morgan fingerprint density at radius 3 is 2.65 bits per heavy atom. The molecule has 2 N–H and O–H groups in total. The van der Waals surface area contributed by atoms with Crippen LogP contribution in [0, 0.1) is 11.6 Å². The van der Waals surface area contributed by atoms with Gasteiger partial charge >= 0.3 is 0 Å². The Morgan fingerprint density at radius 2 is 1.85 bits per heavy atom. The van der Waals surface area contributed by atoms with Gasteiger partial charge in [-0.15, -0.1) is 0 Å². The summed E-state index contributed by atoms with van der Waals surface area (Å²) in [5.41, 5.74) is 6.08. The fraction of sp³-hybridized carbons (Fsp3) is 0.158. The molecule has 134 valence electrons. The molecule has 0 unspecified atom stereocenters. The molecule has 0 saturated heterocycles. The van der Waals surface area contributed by atoms with Crippen LogP contribution in [0.3, 0.4) is 0 Å². The number of aromatic nitrogens is 1. The van der Waals surface area contributed by atoms with E-state index < -0.39 is 23.4 Å². The SMILES string of the molecule is Cn1cc(C(=O)NNC(=O)CCc2cc(F)ccc2F)c2ccccc21. The van der Waals surface area contributed by atoms with Crippen LogP contribution in [0.5, 0.6) is 0 Å². The van der Waals surface area contributed by atoms with Gasteiger partial charge < -0.3 is 4.57 Å². The zero-order valence-electron chi connectivity index (χ0n) is 14.1. The normalized spacial score (nSPS) is 10.7. The lowest BCUT2D eigenvalue weighted by molar-refractivity contribution is -0.121. The number of amides is 2. The summed E-state index contributed by atoms with van der Waals surface area (Å²) in [6, 6.07) is 10.5. The zero-order chi connectivity index (χ0) is 18.7. The molecular formula is C19H17F2N3O2. The molecule has 3 rings (SSSR count). The Bertz CT molecular complexity index is 982. The molecule has 26 heavy (non-hydrogen) atoms. The van der Waals surface area contributed by atoms with Crippen LogP contribution in [0.15, 0.2) is 48.7 Å². The molecule has 0 radical (unpaired) electrons. The van der Waals surface area contributed by atoms with Crippen LogP contribution in [0.2, 0.25) is 0 Å². The lowest BCUT2D eigenvalue weighted by Gasteiger charge is -2.07. The number of halogens is 2. The highest BCUT2D eigenvalue weighted by Gasteiger charge is 2.14. The number of benzene rings is 2. The number of carbonyl (C=O) groups excluding carboxylic acids is 2. The van der Waals surface area contributed by atoms with Crippen LogP contribution in [-0.2, 0) is 18.3 Å². The van der Waals surface area contributed by atoms with Gasteiger partial charge in [0.2, 0.25) is 5.91 Å². The van der Waals surface area contributed by atoms with Crippen molar-refractivity contribution in [3.63, 3.8) is 0 Å². The molecule has 2 aromatic carbocycles. The van der Waals surface area contributed by atoms with E-state index in [-0.39, 0.29) is 18.4 Å². The maximum absolute atomic E-state index is 13.5. The van der Waals surface area contributed by atoms with Crippen molar-refractivity contribution in [2.75, 3.05) is 0 Å². The van der Waals surface area contributed by atoms with Crippen molar-refractivity contribution in [2.24, 2.45) is 7.05 Å². The summed E-state index contributed by atoms with van der Waals surface area (Å²) < 4.78 is 28.5. The van der Waals surface area contributed by atoms with Gasteiger partial charge in [0.05, 0.1) is 5.56 Å². The Kier molecular flexibility index (Phi) is 4.97. The van der Waals surface area contributed by atoms with Crippen molar-refractivity contribution in [3.8, 4) is 0 Å². The van der Waals surface area contributed by atoms with Gasteiger partial charge in [0, 0.05) is 30.6 Å². The molecule has 2 amide bonds. The Hall–Kier alpha value is -3.22. The number of fused-ring (bicyclic) bond motifs is 1. The van der Waals surface area contributed by atoms with Crippen molar-refractivity contribution in [2.45, 2.75) is 12.8 Å². The quantitative estimate of drug-likeness (QED) is 0.706. The first-order chi connectivity index (χ1) is 12.5. The third-order valence-electron chi connectivity index (χ3n) is 4.09. The lowest BCUT2D eigenvalue weighted by Crippen LogP contribution is -2.41. The van der Waals surface area contributed by atoms with E-state index in [0.29, 0.717) is 5.56 Å². The summed E-state index contributed by atoms with van der Waals surface area (Å²) in [7, 11) is 1.82. The van der Waals surface area contributed by atoms with E-state index in [4.69, 9.17) is 0 Å². The minimum Gasteiger partial charge on any atom is -0.350 e. The molecule has 0 saturated carbocycles. The summed E-state index contributed by atoms with van der Waals surface area (Å²) >= 11 is 0. The largest absolute Gasteiger partial charge is 0.350 e. The van der Waals surface area contributed by atoms with E-state index in [0.717, 1.165) is 29.1 Å². The average Bonchev–Trinajstić information content (AvgIpc) is 2.98. The maximum Gasteiger partial charge on any atom is 0.271 e. The number of carbonyl (C=O) groups is 2. The second-order valence-electron chi connectivity index (χ2n) is 5.91. The minimum atomic E-state index is -0.570. The van der Waals surface area contributed by atoms with Gasteiger partial charge in [0.25, 0.3) is 5.91 Å². The Morgan fingerprint density at radius 1 is 1.08 bits per heavy atom. The van der Waals surface area contributed by atoms with Crippen molar-refractivity contribution in [3.05, 3.63) is 71.4 Å². The number of rotatable bonds is 4. The molecule has 0 aliphatic rings. The molecule has 0 aliphatic heterocycles. The predicted octanol–water partition coefficient (Wildman–Crippen LogP) is 2.85. The van der Waals surface area contributed by atoms with Gasteiger partial charge in [0.15, 0.2) is 0 Å². The number of aryl methyl sites for hydroxylation is 2. The molecule has 0 atom stereocenters. The summed E-state index contributed by atoms with van der Waals surface area (Å²) in [4.78, 5) is 24.2. The maximum atomic E-state index is 13.5. The third kappa shape index (κ3) is 3.72. The number of nitrogens with one attached hydrogen (secondary N) is 2. The molecule has 1 heterocycles. The second-order valence-corrected chi connectivity index (χ2v) is 5.91. The lowest BCUT2D eigenvalue weighted by atomic mass is 10.1. The summed E-state index contributed by atoms with van der Waals surface area (Å²) in [6.07, 6.45) is 1.62. The highest BCUT2D eigenvalue weighted by molar-refractivity contribution is 6.07. The summed E-state index contributed by atoms with van der Waals surface area (Å²) in [5, 5.41) is 0.767. The summed E-state index contributed by atoms with van der Waals surface area (Å²) in [5.74, 6) is -2.08. The van der Waals surface area contributed by atoms with Gasteiger partial charge in [-0.05, 0) is 36.2 Å². The van der Waals surface area contributed by atoms with Gasteiger partial charge in [0.1, 0.15) is 11.6 Å². The fourth-order valence-corrected chi connectivity index (χ4v) is 2.76. The van der Waals surface area contributed by atoms with E-state index in [1.54, 1.807) is 6.20 Å². The first kappa shape index (κ1) is 17.6. The van der Waals surface area contributed by atoms with Crippen molar-refractivity contribution < 1.29 is 18.4 Å². The second kappa shape index (κ2) is 7.35. The molecule has 1 aromatic heterocycles. The van der Waals surface area contributed by atoms with E-state index in [9.17, 15) is 18.4 Å². The molecule has 5 nitrogen and oxygen atoms in total. The monoisotopic (exact) mass is 357 g/mol. The van der Waals surface area contributed by atoms with Crippen LogP contribution < -0.4 is 10.9 Å². The van der Waals surface area contributed by atoms with Crippen LogP contribution in [0.4, 0.5) is 8.78 Å². The highest BCUT2D eigenvalue weighted by atomic mass is 19.1. The van der Waals surface area contributed by atoms with Crippen molar-refractivity contribution >= 4 is 22.7 Å². The Balaban J connectivity index is 1.59. The topological polar surface area (TPSA) is 63.1 Å². The molecule has 0 aliphatic carbocycles.